The van der Waals surface area contributed by atoms with Crippen LogP contribution in [0.1, 0.15) is 43.7 Å². The standard InChI is InChI=1S/C17H16F2N2S/c18-12-6-7-14(19)13(8-12)16-10-22-17-20-15(9-21(16)17)11-4-2-1-3-5-11/h6-11H,1-5H2. The summed E-state index contributed by atoms with van der Waals surface area (Å²) in [6.07, 6.45) is 8.16. The van der Waals surface area contributed by atoms with E-state index in [-0.39, 0.29) is 0 Å². The Hall–Kier alpha value is -1.75. The Balaban J connectivity index is 1.79. The Bertz CT molecular complexity index is 815. The molecule has 3 aromatic rings. The van der Waals surface area contributed by atoms with E-state index in [1.54, 1.807) is 0 Å². The van der Waals surface area contributed by atoms with E-state index in [0.29, 0.717) is 17.2 Å². The number of hydrogen-bond donors (Lipinski definition) is 0. The van der Waals surface area contributed by atoms with E-state index >= 15 is 0 Å². The molecule has 0 bridgehead atoms. The molecule has 5 heteroatoms. The number of hydrogen-bond acceptors (Lipinski definition) is 2. The van der Waals surface area contributed by atoms with Crippen molar-refractivity contribution in [1.82, 2.24) is 9.38 Å². The summed E-state index contributed by atoms with van der Waals surface area (Å²) in [5, 5.41) is 1.84. The van der Waals surface area contributed by atoms with Gasteiger partial charge in [-0.1, -0.05) is 19.3 Å². The van der Waals surface area contributed by atoms with E-state index in [9.17, 15) is 8.78 Å². The molecule has 1 fully saturated rings. The molecule has 0 radical (unpaired) electrons. The van der Waals surface area contributed by atoms with Crippen LogP contribution in [0.3, 0.4) is 0 Å². The van der Waals surface area contributed by atoms with Crippen molar-refractivity contribution >= 4 is 16.3 Å². The largest absolute Gasteiger partial charge is 0.290 e. The molecule has 0 unspecified atom stereocenters. The summed E-state index contributed by atoms with van der Waals surface area (Å²) in [6.45, 7) is 0. The van der Waals surface area contributed by atoms with E-state index < -0.39 is 11.6 Å². The van der Waals surface area contributed by atoms with E-state index in [0.717, 1.165) is 16.7 Å². The molecule has 0 aliphatic heterocycles. The monoisotopic (exact) mass is 318 g/mol. The smallest absolute Gasteiger partial charge is 0.194 e. The quantitative estimate of drug-likeness (QED) is 0.619. The van der Waals surface area contributed by atoms with Gasteiger partial charge in [0.05, 0.1) is 11.4 Å². The SMILES string of the molecule is Fc1ccc(F)c(-c2csc3nc(C4CCCCC4)cn23)c1. The fourth-order valence-electron chi connectivity index (χ4n) is 3.28. The highest BCUT2D eigenvalue weighted by atomic mass is 32.1. The van der Waals surface area contributed by atoms with Crippen molar-refractivity contribution in [2.24, 2.45) is 0 Å². The first-order chi connectivity index (χ1) is 10.7. The molecule has 22 heavy (non-hydrogen) atoms. The van der Waals surface area contributed by atoms with Crippen LogP contribution in [-0.4, -0.2) is 9.38 Å². The number of aromatic nitrogens is 2. The maximum absolute atomic E-state index is 14.0. The minimum Gasteiger partial charge on any atom is -0.290 e. The summed E-state index contributed by atoms with van der Waals surface area (Å²) < 4.78 is 29.4. The van der Waals surface area contributed by atoms with Crippen LogP contribution in [0.15, 0.2) is 29.8 Å². The van der Waals surface area contributed by atoms with Crippen molar-refractivity contribution in [2.45, 2.75) is 38.0 Å². The molecule has 1 aliphatic carbocycles. The first-order valence-corrected chi connectivity index (χ1v) is 8.52. The van der Waals surface area contributed by atoms with Crippen LogP contribution >= 0.6 is 11.3 Å². The van der Waals surface area contributed by atoms with Gasteiger partial charge in [-0.2, -0.15) is 0 Å². The Morgan fingerprint density at radius 2 is 1.95 bits per heavy atom. The summed E-state index contributed by atoms with van der Waals surface area (Å²) in [4.78, 5) is 5.55. The predicted molar refractivity (Wildman–Crippen MR) is 84.2 cm³/mol. The average Bonchev–Trinajstić information content (AvgIpc) is 3.11. The zero-order valence-electron chi connectivity index (χ0n) is 12.1. The Labute approximate surface area is 131 Å². The van der Waals surface area contributed by atoms with Crippen LogP contribution in [0.25, 0.3) is 16.2 Å². The summed E-state index contributed by atoms with van der Waals surface area (Å²) in [7, 11) is 0. The first-order valence-electron chi connectivity index (χ1n) is 7.64. The molecule has 114 valence electrons. The molecule has 0 N–H and O–H groups in total. The zero-order chi connectivity index (χ0) is 15.1. The first kappa shape index (κ1) is 13.9. The van der Waals surface area contributed by atoms with Gasteiger partial charge in [0.15, 0.2) is 4.96 Å². The number of nitrogens with zero attached hydrogens (tertiary/aromatic N) is 2. The Morgan fingerprint density at radius 3 is 2.77 bits per heavy atom. The number of halogens is 2. The second kappa shape index (κ2) is 5.47. The van der Waals surface area contributed by atoms with Crippen molar-refractivity contribution in [3.05, 3.63) is 47.1 Å². The third kappa shape index (κ3) is 2.33. The molecule has 1 aromatic carbocycles. The lowest BCUT2D eigenvalue weighted by Crippen LogP contribution is -2.04. The van der Waals surface area contributed by atoms with Gasteiger partial charge in [0.1, 0.15) is 11.6 Å². The summed E-state index contributed by atoms with van der Waals surface area (Å²) in [6, 6.07) is 3.56. The number of thiazole rings is 1. The molecule has 1 saturated carbocycles. The van der Waals surface area contributed by atoms with Gasteiger partial charge in [-0.15, -0.1) is 11.3 Å². The number of fused-ring (bicyclic) bond motifs is 1. The highest BCUT2D eigenvalue weighted by molar-refractivity contribution is 7.15. The highest BCUT2D eigenvalue weighted by Crippen LogP contribution is 2.35. The maximum Gasteiger partial charge on any atom is 0.194 e. The number of benzene rings is 1. The summed E-state index contributed by atoms with van der Waals surface area (Å²) in [5.74, 6) is -0.330. The van der Waals surface area contributed by atoms with Crippen LogP contribution in [0.4, 0.5) is 8.78 Å². The van der Waals surface area contributed by atoms with Gasteiger partial charge in [0.25, 0.3) is 0 Å². The molecule has 4 rings (SSSR count). The maximum atomic E-state index is 14.0. The van der Waals surface area contributed by atoms with Crippen molar-refractivity contribution in [3.63, 3.8) is 0 Å². The second-order valence-electron chi connectivity index (χ2n) is 5.90. The van der Waals surface area contributed by atoms with Gasteiger partial charge in [-0.3, -0.25) is 4.40 Å². The molecule has 2 aromatic heterocycles. The second-order valence-corrected chi connectivity index (χ2v) is 6.73. The van der Waals surface area contributed by atoms with E-state index in [1.807, 2.05) is 16.0 Å². The minimum absolute atomic E-state index is 0.291. The van der Waals surface area contributed by atoms with Gasteiger partial charge in [-0.05, 0) is 31.0 Å². The normalized spacial score (nSPS) is 16.5. The number of rotatable bonds is 2. The highest BCUT2D eigenvalue weighted by Gasteiger charge is 2.20. The van der Waals surface area contributed by atoms with Crippen LogP contribution in [0, 0.1) is 11.6 Å². The lowest BCUT2D eigenvalue weighted by molar-refractivity contribution is 0.438. The van der Waals surface area contributed by atoms with Gasteiger partial charge in [0.2, 0.25) is 0 Å². The van der Waals surface area contributed by atoms with Crippen molar-refractivity contribution in [3.8, 4) is 11.3 Å². The van der Waals surface area contributed by atoms with Crippen LogP contribution in [-0.2, 0) is 0 Å². The molecule has 0 atom stereocenters. The third-order valence-corrected chi connectivity index (χ3v) is 5.30. The van der Waals surface area contributed by atoms with Crippen LogP contribution in [0.5, 0.6) is 0 Å². The van der Waals surface area contributed by atoms with Crippen molar-refractivity contribution in [2.75, 3.05) is 0 Å². The lowest BCUT2D eigenvalue weighted by atomic mass is 9.87. The Kier molecular flexibility index (Phi) is 3.45. The fraction of sp³-hybridized carbons (Fsp3) is 0.353. The average molecular weight is 318 g/mol. The predicted octanol–water partition coefficient (Wildman–Crippen LogP) is 5.39. The summed E-state index contributed by atoms with van der Waals surface area (Å²) in [5.41, 5.74) is 2.05. The van der Waals surface area contributed by atoms with Crippen LogP contribution in [0.2, 0.25) is 0 Å². The molecular formula is C17H16F2N2S. The van der Waals surface area contributed by atoms with Crippen molar-refractivity contribution in [1.29, 1.82) is 0 Å². The minimum atomic E-state index is -0.427. The van der Waals surface area contributed by atoms with Crippen LogP contribution < -0.4 is 0 Å². The molecule has 0 spiro atoms. The van der Waals surface area contributed by atoms with E-state index in [4.69, 9.17) is 4.98 Å². The number of imidazole rings is 1. The molecule has 2 heterocycles. The lowest BCUT2D eigenvalue weighted by Gasteiger charge is -2.19. The molecule has 2 nitrogen and oxygen atoms in total. The van der Waals surface area contributed by atoms with Gasteiger partial charge >= 0.3 is 0 Å². The van der Waals surface area contributed by atoms with Gasteiger partial charge in [0, 0.05) is 23.1 Å². The topological polar surface area (TPSA) is 17.3 Å². The fourth-order valence-corrected chi connectivity index (χ4v) is 4.16. The molecule has 0 saturated heterocycles. The molecule has 0 amide bonds. The van der Waals surface area contributed by atoms with E-state index in [2.05, 4.69) is 0 Å². The van der Waals surface area contributed by atoms with Crippen molar-refractivity contribution < 1.29 is 8.78 Å². The summed E-state index contributed by atoms with van der Waals surface area (Å²) >= 11 is 1.47. The molecule has 1 aliphatic rings. The van der Waals surface area contributed by atoms with Gasteiger partial charge in [-0.25, -0.2) is 13.8 Å². The zero-order valence-corrected chi connectivity index (χ0v) is 12.9. The van der Waals surface area contributed by atoms with E-state index in [1.165, 1.54) is 55.6 Å². The van der Waals surface area contributed by atoms with Gasteiger partial charge < -0.3 is 0 Å². The third-order valence-electron chi connectivity index (χ3n) is 4.46. The Morgan fingerprint density at radius 1 is 1.14 bits per heavy atom. The molecular weight excluding hydrogens is 302 g/mol.